The predicted molar refractivity (Wildman–Crippen MR) is 263 cm³/mol. The molecule has 0 aromatic heterocycles. The first-order chi connectivity index (χ1) is 30.5. The van der Waals surface area contributed by atoms with Crippen molar-refractivity contribution in [1.29, 1.82) is 0 Å². The van der Waals surface area contributed by atoms with Gasteiger partial charge in [-0.1, -0.05) is 224 Å². The van der Waals surface area contributed by atoms with E-state index in [4.69, 9.17) is 9.98 Å². The molecule has 11 rings (SSSR count). The minimum atomic E-state index is -0.509. The number of amidine groups is 2. The molecule has 0 saturated heterocycles. The van der Waals surface area contributed by atoms with Gasteiger partial charge in [0.05, 0.1) is 5.41 Å². The molecule has 1 unspecified atom stereocenters. The highest BCUT2D eigenvalue weighted by molar-refractivity contribution is 6.13. The van der Waals surface area contributed by atoms with Crippen LogP contribution in [0.4, 0.5) is 0 Å². The summed E-state index contributed by atoms with van der Waals surface area (Å²) in [6, 6.07) is 69.1. The molecule has 1 N–H and O–H groups in total. The molecule has 0 amide bonds. The second-order valence-corrected chi connectivity index (χ2v) is 19.4. The highest BCUT2D eigenvalue weighted by Gasteiger charge is 2.53. The fourth-order valence-electron chi connectivity index (χ4n) is 10.2. The van der Waals surface area contributed by atoms with E-state index in [-0.39, 0.29) is 10.8 Å². The highest BCUT2D eigenvalue weighted by Crippen LogP contribution is 2.64. The van der Waals surface area contributed by atoms with Crippen LogP contribution in [0.3, 0.4) is 0 Å². The maximum atomic E-state index is 5.56. The van der Waals surface area contributed by atoms with E-state index in [9.17, 15) is 0 Å². The molecule has 306 valence electrons. The summed E-state index contributed by atoms with van der Waals surface area (Å²) in [5.74, 6) is 1.51. The second-order valence-electron chi connectivity index (χ2n) is 19.4. The van der Waals surface area contributed by atoms with Crippen LogP contribution in [-0.2, 0) is 16.2 Å². The van der Waals surface area contributed by atoms with Gasteiger partial charge >= 0.3 is 0 Å². The number of nitrogens with zero attached hydrogens (tertiary/aromatic N) is 2. The third-order valence-corrected chi connectivity index (χ3v) is 13.5. The van der Waals surface area contributed by atoms with Crippen LogP contribution in [-0.4, -0.2) is 11.7 Å². The lowest BCUT2D eigenvalue weighted by molar-refractivity contribution is 0.586. The van der Waals surface area contributed by atoms with Crippen molar-refractivity contribution < 1.29 is 0 Å². The van der Waals surface area contributed by atoms with Gasteiger partial charge in [-0.15, -0.1) is 0 Å². The highest BCUT2D eigenvalue weighted by atomic mass is 15.2. The Labute approximate surface area is 372 Å². The third kappa shape index (κ3) is 6.32. The Hall–Kier alpha value is -7.10. The second kappa shape index (κ2) is 14.5. The van der Waals surface area contributed by atoms with Crippen LogP contribution < -0.4 is 5.32 Å². The molecular formula is C60H51N3. The first-order valence-electron chi connectivity index (χ1n) is 22.3. The van der Waals surface area contributed by atoms with Gasteiger partial charge in [0.15, 0.2) is 5.84 Å². The van der Waals surface area contributed by atoms with Crippen molar-refractivity contribution in [1.82, 2.24) is 5.32 Å². The summed E-state index contributed by atoms with van der Waals surface area (Å²) >= 11 is 0. The Balaban J connectivity index is 1.13. The lowest BCUT2D eigenvalue weighted by atomic mass is 9.68. The molecule has 63 heavy (non-hydrogen) atoms. The fraction of sp³-hybridized carbons (Fsp3) is 0.167. The van der Waals surface area contributed by atoms with Crippen LogP contribution in [0.15, 0.2) is 198 Å². The van der Waals surface area contributed by atoms with Crippen LogP contribution in [0.25, 0.3) is 44.5 Å². The van der Waals surface area contributed by atoms with Crippen LogP contribution in [0.1, 0.15) is 97.8 Å². The van der Waals surface area contributed by atoms with Gasteiger partial charge in [-0.3, -0.25) is 0 Å². The summed E-state index contributed by atoms with van der Waals surface area (Å²) in [6.07, 6.45) is -0.415. The van der Waals surface area contributed by atoms with Crippen molar-refractivity contribution in [3.63, 3.8) is 0 Å². The first kappa shape index (κ1) is 38.8. The largest absolute Gasteiger partial charge is 0.344 e. The molecule has 0 bridgehead atoms. The van der Waals surface area contributed by atoms with Crippen LogP contribution in [0.5, 0.6) is 0 Å². The Morgan fingerprint density at radius 1 is 0.413 bits per heavy atom. The van der Waals surface area contributed by atoms with Gasteiger partial charge in [-0.05, 0) is 94.8 Å². The number of nitrogens with one attached hydrogen (secondary N) is 1. The number of fused-ring (bicyclic) bond motifs is 10. The van der Waals surface area contributed by atoms with Gasteiger partial charge in [-0.25, -0.2) is 9.98 Å². The lowest BCUT2D eigenvalue weighted by Gasteiger charge is -2.33. The van der Waals surface area contributed by atoms with E-state index >= 15 is 0 Å². The van der Waals surface area contributed by atoms with Gasteiger partial charge in [0, 0.05) is 16.7 Å². The summed E-state index contributed by atoms with van der Waals surface area (Å²) in [4.78, 5) is 10.9. The molecule has 3 aliphatic rings. The van der Waals surface area contributed by atoms with Crippen molar-refractivity contribution in [2.75, 3.05) is 0 Å². The van der Waals surface area contributed by atoms with Crippen molar-refractivity contribution in [3.8, 4) is 44.5 Å². The molecule has 0 radical (unpaired) electrons. The lowest BCUT2D eigenvalue weighted by Crippen LogP contribution is -2.34. The zero-order chi connectivity index (χ0) is 43.1. The van der Waals surface area contributed by atoms with E-state index in [2.05, 4.69) is 235 Å². The molecule has 0 fully saturated rings. The minimum absolute atomic E-state index is 0.0195. The molecule has 2 aliphatic carbocycles. The average Bonchev–Trinajstić information content (AvgIpc) is 3.78. The van der Waals surface area contributed by atoms with Crippen LogP contribution in [0, 0.1) is 0 Å². The minimum Gasteiger partial charge on any atom is -0.344 e. The zero-order valence-electron chi connectivity index (χ0n) is 36.9. The Morgan fingerprint density at radius 2 is 0.921 bits per heavy atom. The third-order valence-electron chi connectivity index (χ3n) is 13.5. The van der Waals surface area contributed by atoms with Crippen LogP contribution >= 0.6 is 0 Å². The van der Waals surface area contributed by atoms with E-state index in [0.29, 0.717) is 5.84 Å². The summed E-state index contributed by atoms with van der Waals surface area (Å²) in [5.41, 5.74) is 20.4. The van der Waals surface area contributed by atoms with E-state index in [1.807, 2.05) is 0 Å². The number of rotatable bonds is 5. The molecule has 3 heteroatoms. The summed E-state index contributed by atoms with van der Waals surface area (Å²) in [6.45, 7) is 13.9. The van der Waals surface area contributed by atoms with E-state index in [1.54, 1.807) is 0 Å². The Kier molecular flexibility index (Phi) is 8.93. The predicted octanol–water partition coefficient (Wildman–Crippen LogP) is 14.5. The van der Waals surface area contributed by atoms with Gasteiger partial charge in [0.1, 0.15) is 12.0 Å². The topological polar surface area (TPSA) is 36.8 Å². The van der Waals surface area contributed by atoms with Crippen molar-refractivity contribution in [2.24, 2.45) is 9.98 Å². The molecule has 3 nitrogen and oxygen atoms in total. The molecule has 1 atom stereocenters. The molecule has 0 saturated carbocycles. The maximum absolute atomic E-state index is 5.56. The molecule has 8 aromatic carbocycles. The molecule has 8 aromatic rings. The normalized spacial score (nSPS) is 15.7. The SMILES string of the molecule is CC(C)(C)c1ccc2c(c1)C1(c3cc(C(C)(C)C)ccc3-2)c2ccccc2-c2c(C3N=C(c4cccc(-c5ccccc5)c4)N=C(c4ccc(-c5ccccc5)cc4)N3)cccc21. The monoisotopic (exact) mass is 813 g/mol. The van der Waals surface area contributed by atoms with E-state index < -0.39 is 11.6 Å². The Morgan fingerprint density at radius 3 is 1.56 bits per heavy atom. The Bertz CT molecular complexity index is 3080. The number of aliphatic imine (C=N–C) groups is 2. The van der Waals surface area contributed by atoms with Crippen molar-refractivity contribution >= 4 is 11.7 Å². The molecule has 1 spiro atoms. The van der Waals surface area contributed by atoms with Gasteiger partial charge < -0.3 is 5.32 Å². The summed E-state index contributed by atoms with van der Waals surface area (Å²) in [5, 5.41) is 3.89. The molecular weight excluding hydrogens is 763 g/mol. The number of benzene rings is 8. The van der Waals surface area contributed by atoms with E-state index in [1.165, 1.54) is 66.8 Å². The number of hydrogen-bond acceptors (Lipinski definition) is 3. The average molecular weight is 814 g/mol. The summed E-state index contributed by atoms with van der Waals surface area (Å²) in [7, 11) is 0. The quantitative estimate of drug-likeness (QED) is 0.185. The van der Waals surface area contributed by atoms with Gasteiger partial charge in [0.2, 0.25) is 0 Å². The zero-order valence-corrected chi connectivity index (χ0v) is 36.9. The van der Waals surface area contributed by atoms with Crippen LogP contribution in [0.2, 0.25) is 0 Å². The first-order valence-corrected chi connectivity index (χ1v) is 22.3. The number of hydrogen-bond donors (Lipinski definition) is 1. The standard InChI is InChI=1S/C60H51N3/c1-58(2,3)44-31-33-46-47-34-32-45(59(4,5)6)37-53(47)60(52(46)36-44)50-25-14-13-23-48(50)54-49(24-16-26-51(54)60)57-62-55(41-29-27-40(28-30-41)38-17-9-7-10-18-38)61-56(63-57)43-22-15-21-42(35-43)39-19-11-8-12-20-39/h7-37,57H,1-6H3,(H,61,62,63). The fourth-order valence-corrected chi connectivity index (χ4v) is 10.2. The van der Waals surface area contributed by atoms with Gasteiger partial charge in [-0.2, -0.15) is 0 Å². The molecule has 1 aliphatic heterocycles. The molecule has 1 heterocycles. The summed E-state index contributed by atoms with van der Waals surface area (Å²) < 4.78 is 0. The van der Waals surface area contributed by atoms with E-state index in [0.717, 1.165) is 33.7 Å². The van der Waals surface area contributed by atoms with Gasteiger partial charge in [0.25, 0.3) is 0 Å². The van der Waals surface area contributed by atoms with Crippen molar-refractivity contribution in [3.05, 3.63) is 238 Å². The van der Waals surface area contributed by atoms with Crippen molar-refractivity contribution in [2.45, 2.75) is 64.0 Å². The maximum Gasteiger partial charge on any atom is 0.159 e. The smallest absolute Gasteiger partial charge is 0.159 e.